The van der Waals surface area contributed by atoms with Crippen LogP contribution in [-0.2, 0) is 13.0 Å². The average molecular weight is 247 g/mol. The van der Waals surface area contributed by atoms with Gasteiger partial charge in [0.1, 0.15) is 11.6 Å². The molecule has 0 radical (unpaired) electrons. The van der Waals surface area contributed by atoms with Gasteiger partial charge in [-0.2, -0.15) is 0 Å². The summed E-state index contributed by atoms with van der Waals surface area (Å²) in [4.78, 5) is 4.64. The first-order chi connectivity index (χ1) is 8.78. The summed E-state index contributed by atoms with van der Waals surface area (Å²) >= 11 is 0. The molecule has 0 amide bonds. The minimum absolute atomic E-state index is 0.192. The van der Waals surface area contributed by atoms with Crippen LogP contribution >= 0.6 is 0 Å². The van der Waals surface area contributed by atoms with Crippen LogP contribution < -0.4 is 5.32 Å². The summed E-state index contributed by atoms with van der Waals surface area (Å²) in [7, 11) is 0. The van der Waals surface area contributed by atoms with Crippen LogP contribution in [-0.4, -0.2) is 22.1 Å². The largest absolute Gasteiger partial charge is 0.328 e. The Morgan fingerprint density at radius 1 is 1.50 bits per heavy atom. The van der Waals surface area contributed by atoms with Gasteiger partial charge in [0, 0.05) is 19.0 Å². The van der Waals surface area contributed by atoms with Gasteiger partial charge in [0.25, 0.3) is 0 Å². The maximum absolute atomic E-state index is 13.3. The lowest BCUT2D eigenvalue weighted by molar-refractivity contribution is 0.565. The molecule has 0 bridgehead atoms. The third-order valence-electron chi connectivity index (χ3n) is 3.70. The average Bonchev–Trinajstić information content (AvgIpc) is 2.96. The summed E-state index contributed by atoms with van der Waals surface area (Å²) in [5, 5.41) is 3.48. The molecular weight excluding hydrogens is 229 g/mol. The van der Waals surface area contributed by atoms with Crippen LogP contribution in [0.3, 0.4) is 0 Å². The third-order valence-corrected chi connectivity index (χ3v) is 3.70. The number of aryl methyl sites for hydroxylation is 1. The number of aromatic nitrogens is 2. The van der Waals surface area contributed by atoms with Crippen molar-refractivity contribution in [2.75, 3.05) is 6.54 Å². The van der Waals surface area contributed by atoms with Gasteiger partial charge in [-0.15, -0.1) is 0 Å². The molecule has 1 atom stereocenters. The minimum atomic E-state index is -0.192. The highest BCUT2D eigenvalue weighted by Gasteiger charge is 2.18. The van der Waals surface area contributed by atoms with E-state index in [9.17, 15) is 4.39 Å². The quantitative estimate of drug-likeness (QED) is 0.903. The van der Waals surface area contributed by atoms with Gasteiger partial charge in [0.2, 0.25) is 0 Å². The van der Waals surface area contributed by atoms with Crippen LogP contribution in [0.15, 0.2) is 18.2 Å². The van der Waals surface area contributed by atoms with Gasteiger partial charge in [-0.25, -0.2) is 9.37 Å². The molecule has 1 aromatic carbocycles. The first-order valence-corrected chi connectivity index (χ1v) is 6.66. The molecule has 1 N–H and O–H groups in total. The summed E-state index contributed by atoms with van der Waals surface area (Å²) in [6, 6.07) is 5.35. The predicted molar refractivity (Wildman–Crippen MR) is 70.1 cm³/mol. The van der Waals surface area contributed by atoms with Crippen LogP contribution in [0.5, 0.6) is 0 Å². The number of nitrogens with one attached hydrogen (secondary N) is 1. The molecule has 1 aliphatic heterocycles. The molecule has 0 spiro atoms. The Balaban J connectivity index is 1.99. The number of benzene rings is 1. The molecule has 3 rings (SSSR count). The van der Waals surface area contributed by atoms with Crippen molar-refractivity contribution in [2.24, 2.45) is 0 Å². The smallest absolute Gasteiger partial charge is 0.125 e. The Labute approximate surface area is 106 Å². The lowest BCUT2D eigenvalue weighted by atomic mass is 10.1. The van der Waals surface area contributed by atoms with Gasteiger partial charge in [0.05, 0.1) is 11.0 Å². The SMILES string of the molecule is CCn1c(CC2CCCN2)nc2ccc(F)cc21. The van der Waals surface area contributed by atoms with E-state index >= 15 is 0 Å². The molecule has 2 aromatic rings. The molecule has 3 nitrogen and oxygen atoms in total. The highest BCUT2D eigenvalue weighted by molar-refractivity contribution is 5.76. The van der Waals surface area contributed by atoms with Gasteiger partial charge in [-0.05, 0) is 44.5 Å². The summed E-state index contributed by atoms with van der Waals surface area (Å²) in [5.74, 6) is 0.875. The van der Waals surface area contributed by atoms with Gasteiger partial charge < -0.3 is 9.88 Å². The molecule has 1 unspecified atom stereocenters. The van der Waals surface area contributed by atoms with E-state index in [-0.39, 0.29) is 5.82 Å². The van der Waals surface area contributed by atoms with Crippen molar-refractivity contribution in [1.82, 2.24) is 14.9 Å². The maximum Gasteiger partial charge on any atom is 0.125 e. The monoisotopic (exact) mass is 247 g/mol. The number of imidazole rings is 1. The molecule has 2 heterocycles. The zero-order valence-electron chi connectivity index (χ0n) is 10.6. The van der Waals surface area contributed by atoms with E-state index in [1.807, 2.05) is 0 Å². The molecular formula is C14H18FN3. The lowest BCUT2D eigenvalue weighted by Crippen LogP contribution is -2.25. The Morgan fingerprint density at radius 3 is 3.11 bits per heavy atom. The van der Waals surface area contributed by atoms with E-state index < -0.39 is 0 Å². The highest BCUT2D eigenvalue weighted by atomic mass is 19.1. The molecule has 1 fully saturated rings. The van der Waals surface area contributed by atoms with Crippen LogP contribution in [0.1, 0.15) is 25.6 Å². The Morgan fingerprint density at radius 2 is 2.39 bits per heavy atom. The second-order valence-electron chi connectivity index (χ2n) is 4.90. The minimum Gasteiger partial charge on any atom is -0.328 e. The van der Waals surface area contributed by atoms with E-state index in [0.29, 0.717) is 6.04 Å². The maximum atomic E-state index is 13.3. The van der Waals surface area contributed by atoms with E-state index in [4.69, 9.17) is 0 Å². The number of hydrogen-bond acceptors (Lipinski definition) is 2. The molecule has 96 valence electrons. The van der Waals surface area contributed by atoms with E-state index in [2.05, 4.69) is 21.8 Å². The topological polar surface area (TPSA) is 29.9 Å². The lowest BCUT2D eigenvalue weighted by Gasteiger charge is -2.11. The molecule has 1 aliphatic rings. The molecule has 4 heteroatoms. The number of nitrogens with zero attached hydrogens (tertiary/aromatic N) is 2. The van der Waals surface area contributed by atoms with Crippen molar-refractivity contribution in [3.05, 3.63) is 29.8 Å². The summed E-state index contributed by atoms with van der Waals surface area (Å²) in [6.07, 6.45) is 3.39. The molecule has 1 aromatic heterocycles. The molecule has 18 heavy (non-hydrogen) atoms. The fourth-order valence-corrected chi connectivity index (χ4v) is 2.81. The second kappa shape index (κ2) is 4.69. The molecule has 0 aliphatic carbocycles. The van der Waals surface area contributed by atoms with E-state index in [0.717, 1.165) is 36.4 Å². The van der Waals surface area contributed by atoms with Gasteiger partial charge >= 0.3 is 0 Å². The van der Waals surface area contributed by atoms with Gasteiger partial charge in [-0.1, -0.05) is 0 Å². The first kappa shape index (κ1) is 11.7. The number of hydrogen-bond donors (Lipinski definition) is 1. The Kier molecular flexibility index (Phi) is 3.04. The Bertz CT molecular complexity index is 555. The van der Waals surface area contributed by atoms with Crippen LogP contribution in [0.4, 0.5) is 4.39 Å². The zero-order chi connectivity index (χ0) is 12.5. The fourth-order valence-electron chi connectivity index (χ4n) is 2.81. The van der Waals surface area contributed by atoms with Crippen LogP contribution in [0.2, 0.25) is 0 Å². The van der Waals surface area contributed by atoms with Crippen molar-refractivity contribution in [1.29, 1.82) is 0 Å². The van der Waals surface area contributed by atoms with Gasteiger partial charge in [-0.3, -0.25) is 0 Å². The van der Waals surface area contributed by atoms with E-state index in [1.54, 1.807) is 12.1 Å². The standard InChI is InChI=1S/C14H18FN3/c1-2-18-13-8-10(15)5-6-12(13)17-14(18)9-11-4-3-7-16-11/h5-6,8,11,16H,2-4,7,9H2,1H3. The third kappa shape index (κ3) is 2.01. The molecule has 1 saturated heterocycles. The number of rotatable bonds is 3. The number of fused-ring (bicyclic) bond motifs is 1. The number of halogens is 1. The van der Waals surface area contributed by atoms with Crippen LogP contribution in [0, 0.1) is 5.82 Å². The fraction of sp³-hybridized carbons (Fsp3) is 0.500. The summed E-state index contributed by atoms with van der Waals surface area (Å²) < 4.78 is 15.4. The van der Waals surface area contributed by atoms with Gasteiger partial charge in [0.15, 0.2) is 0 Å². The predicted octanol–water partition coefficient (Wildman–Crippen LogP) is 2.49. The van der Waals surface area contributed by atoms with Crippen molar-refractivity contribution in [3.8, 4) is 0 Å². The van der Waals surface area contributed by atoms with Crippen LogP contribution in [0.25, 0.3) is 11.0 Å². The normalized spacial score (nSPS) is 19.8. The van der Waals surface area contributed by atoms with E-state index in [1.165, 1.54) is 18.9 Å². The van der Waals surface area contributed by atoms with Crippen molar-refractivity contribution in [2.45, 2.75) is 38.8 Å². The van der Waals surface area contributed by atoms with Crippen molar-refractivity contribution < 1.29 is 4.39 Å². The Hall–Kier alpha value is -1.42. The summed E-state index contributed by atoms with van der Waals surface area (Å²) in [5.41, 5.74) is 1.80. The zero-order valence-corrected chi connectivity index (χ0v) is 10.6. The van der Waals surface area contributed by atoms with Crippen molar-refractivity contribution >= 4 is 11.0 Å². The summed E-state index contributed by atoms with van der Waals surface area (Å²) in [6.45, 7) is 4.02. The highest BCUT2D eigenvalue weighted by Crippen LogP contribution is 2.20. The first-order valence-electron chi connectivity index (χ1n) is 6.66. The van der Waals surface area contributed by atoms with Crippen molar-refractivity contribution in [3.63, 3.8) is 0 Å². The second-order valence-corrected chi connectivity index (χ2v) is 4.90. The molecule has 0 saturated carbocycles.